The normalized spacial score (nSPS) is 10.4. The van der Waals surface area contributed by atoms with Crippen LogP contribution in [0.25, 0.3) is 0 Å². The van der Waals surface area contributed by atoms with Crippen LogP contribution in [0.5, 0.6) is 0 Å². The molecule has 0 atom stereocenters. The number of halogens is 3. The zero-order valence-corrected chi connectivity index (χ0v) is 12.9. The zero-order valence-electron chi connectivity index (χ0n) is 10.6. The molecule has 0 aliphatic rings. The maximum absolute atomic E-state index is 12.2. The zero-order chi connectivity index (χ0) is 14.7. The van der Waals surface area contributed by atoms with E-state index in [0.29, 0.717) is 32.9 Å². The van der Waals surface area contributed by atoms with Crippen LogP contribution in [-0.2, 0) is 6.42 Å². The van der Waals surface area contributed by atoms with Crippen molar-refractivity contribution in [2.75, 3.05) is 5.32 Å². The molecule has 0 saturated carbocycles. The van der Waals surface area contributed by atoms with Crippen molar-refractivity contribution in [3.63, 3.8) is 0 Å². The molecule has 2 rings (SSSR count). The molecule has 0 bridgehead atoms. The molecule has 0 spiro atoms. The van der Waals surface area contributed by atoms with Gasteiger partial charge in [0, 0.05) is 16.9 Å². The van der Waals surface area contributed by atoms with E-state index in [2.05, 4.69) is 10.3 Å². The molecule has 6 heteroatoms. The van der Waals surface area contributed by atoms with Crippen LogP contribution >= 0.6 is 34.8 Å². The van der Waals surface area contributed by atoms with E-state index in [-0.39, 0.29) is 5.91 Å². The summed E-state index contributed by atoms with van der Waals surface area (Å²) in [5, 5.41) is 3.85. The van der Waals surface area contributed by atoms with Crippen LogP contribution < -0.4 is 5.32 Å². The second-order valence-corrected chi connectivity index (χ2v) is 5.31. The Hall–Kier alpha value is -1.29. The van der Waals surface area contributed by atoms with Crippen molar-refractivity contribution in [3.8, 4) is 0 Å². The van der Waals surface area contributed by atoms with Crippen molar-refractivity contribution < 1.29 is 4.79 Å². The molecule has 0 radical (unpaired) electrons. The topological polar surface area (TPSA) is 42.0 Å². The molecule has 3 nitrogen and oxygen atoms in total. The minimum Gasteiger partial charge on any atom is -0.322 e. The van der Waals surface area contributed by atoms with Crippen LogP contribution in [0.2, 0.25) is 15.2 Å². The molecule has 1 aromatic carbocycles. The van der Waals surface area contributed by atoms with E-state index in [1.165, 1.54) is 6.07 Å². The van der Waals surface area contributed by atoms with Gasteiger partial charge in [0.25, 0.3) is 5.91 Å². The summed E-state index contributed by atoms with van der Waals surface area (Å²) in [5.74, 6) is -0.276. The van der Waals surface area contributed by atoms with E-state index < -0.39 is 0 Å². The van der Waals surface area contributed by atoms with Crippen LogP contribution in [0.3, 0.4) is 0 Å². The van der Waals surface area contributed by atoms with Crippen molar-refractivity contribution in [1.82, 2.24) is 4.98 Å². The summed E-state index contributed by atoms with van der Waals surface area (Å²) in [6.45, 7) is 1.94. The average Bonchev–Trinajstić information content (AvgIpc) is 2.42. The summed E-state index contributed by atoms with van der Waals surface area (Å²) in [5.41, 5.74) is 1.78. The quantitative estimate of drug-likeness (QED) is 0.817. The second-order valence-electron chi connectivity index (χ2n) is 4.11. The standard InChI is InChI=1S/C14H11Cl3N2O/c1-2-9-5-8(6-13(17)18-9)14(20)19-10-3-4-11(15)12(16)7-10/h3-7H,2H2,1H3,(H,19,20). The van der Waals surface area contributed by atoms with E-state index in [1.54, 1.807) is 24.3 Å². The molecule has 0 aliphatic carbocycles. The molecule has 104 valence electrons. The van der Waals surface area contributed by atoms with Crippen LogP contribution in [0, 0.1) is 0 Å². The molecule has 0 saturated heterocycles. The number of hydrogen-bond acceptors (Lipinski definition) is 2. The van der Waals surface area contributed by atoms with Crippen molar-refractivity contribution in [2.24, 2.45) is 0 Å². The van der Waals surface area contributed by atoms with Crippen LogP contribution in [0.15, 0.2) is 30.3 Å². The third-order valence-corrected chi connectivity index (χ3v) is 3.58. The predicted molar refractivity (Wildman–Crippen MR) is 83.0 cm³/mol. The molecule has 1 aromatic heterocycles. The molecule has 2 aromatic rings. The molecular weight excluding hydrogens is 319 g/mol. The lowest BCUT2D eigenvalue weighted by Crippen LogP contribution is -2.12. The lowest BCUT2D eigenvalue weighted by atomic mass is 10.2. The number of nitrogens with one attached hydrogen (secondary N) is 1. The lowest BCUT2D eigenvalue weighted by molar-refractivity contribution is 0.102. The number of amides is 1. The molecule has 20 heavy (non-hydrogen) atoms. The SMILES string of the molecule is CCc1cc(C(=O)Nc2ccc(Cl)c(Cl)c2)cc(Cl)n1. The minimum absolute atomic E-state index is 0.276. The molecule has 1 N–H and O–H groups in total. The maximum atomic E-state index is 12.2. The fourth-order valence-corrected chi connectivity index (χ4v) is 2.16. The Bertz CT molecular complexity index is 659. The molecule has 0 aliphatic heterocycles. The fraction of sp³-hybridized carbons (Fsp3) is 0.143. The van der Waals surface area contributed by atoms with Gasteiger partial charge in [-0.1, -0.05) is 41.7 Å². The number of aryl methyl sites for hydroxylation is 1. The van der Waals surface area contributed by atoms with Gasteiger partial charge in [-0.2, -0.15) is 0 Å². The van der Waals surface area contributed by atoms with Gasteiger partial charge < -0.3 is 5.32 Å². The van der Waals surface area contributed by atoms with Gasteiger partial charge in [-0.15, -0.1) is 0 Å². The average molecular weight is 330 g/mol. The molecular formula is C14H11Cl3N2O. The van der Waals surface area contributed by atoms with Crippen molar-refractivity contribution in [2.45, 2.75) is 13.3 Å². The number of carbonyl (C=O) groups is 1. The number of benzene rings is 1. The summed E-state index contributed by atoms with van der Waals surface area (Å²) >= 11 is 17.6. The summed E-state index contributed by atoms with van der Waals surface area (Å²) < 4.78 is 0. The van der Waals surface area contributed by atoms with Gasteiger partial charge in [-0.25, -0.2) is 4.98 Å². The van der Waals surface area contributed by atoms with Crippen LogP contribution in [-0.4, -0.2) is 10.9 Å². The summed E-state index contributed by atoms with van der Waals surface area (Å²) in [7, 11) is 0. The minimum atomic E-state index is -0.276. The first-order chi connectivity index (χ1) is 9.49. The van der Waals surface area contributed by atoms with Gasteiger partial charge in [0.15, 0.2) is 0 Å². The smallest absolute Gasteiger partial charge is 0.255 e. The van der Waals surface area contributed by atoms with Crippen molar-refractivity contribution in [1.29, 1.82) is 0 Å². The third kappa shape index (κ3) is 3.63. The molecule has 1 heterocycles. The summed E-state index contributed by atoms with van der Waals surface area (Å²) in [6, 6.07) is 8.11. The maximum Gasteiger partial charge on any atom is 0.255 e. The van der Waals surface area contributed by atoms with E-state index in [1.807, 2.05) is 6.92 Å². The van der Waals surface area contributed by atoms with Crippen molar-refractivity contribution >= 4 is 46.4 Å². The van der Waals surface area contributed by atoms with E-state index in [0.717, 1.165) is 5.69 Å². The highest BCUT2D eigenvalue weighted by Crippen LogP contribution is 2.25. The Kier molecular flexibility index (Phi) is 4.86. The first kappa shape index (κ1) is 15.1. The fourth-order valence-electron chi connectivity index (χ4n) is 1.64. The highest BCUT2D eigenvalue weighted by Gasteiger charge is 2.10. The van der Waals surface area contributed by atoms with E-state index >= 15 is 0 Å². The number of carbonyl (C=O) groups excluding carboxylic acids is 1. The lowest BCUT2D eigenvalue weighted by Gasteiger charge is -2.08. The predicted octanol–water partition coefficient (Wildman–Crippen LogP) is 4.86. The number of rotatable bonds is 3. The number of anilines is 1. The number of aromatic nitrogens is 1. The number of nitrogens with zero attached hydrogens (tertiary/aromatic N) is 1. The number of hydrogen-bond donors (Lipinski definition) is 1. The Morgan fingerprint density at radius 2 is 1.90 bits per heavy atom. The largest absolute Gasteiger partial charge is 0.322 e. The first-order valence-corrected chi connectivity index (χ1v) is 7.06. The molecule has 1 amide bonds. The van der Waals surface area contributed by atoms with Gasteiger partial charge in [0.2, 0.25) is 0 Å². The molecule has 0 unspecified atom stereocenters. The highest BCUT2D eigenvalue weighted by atomic mass is 35.5. The Balaban J connectivity index is 2.23. The van der Waals surface area contributed by atoms with Gasteiger partial charge in [-0.05, 0) is 36.8 Å². The highest BCUT2D eigenvalue weighted by molar-refractivity contribution is 6.42. The van der Waals surface area contributed by atoms with Gasteiger partial charge in [0.1, 0.15) is 5.15 Å². The van der Waals surface area contributed by atoms with Crippen molar-refractivity contribution in [3.05, 3.63) is 56.8 Å². The Morgan fingerprint density at radius 3 is 2.55 bits per heavy atom. The summed E-state index contributed by atoms with van der Waals surface area (Å²) in [4.78, 5) is 16.3. The van der Waals surface area contributed by atoms with Crippen LogP contribution in [0.4, 0.5) is 5.69 Å². The van der Waals surface area contributed by atoms with Gasteiger partial charge >= 0.3 is 0 Å². The van der Waals surface area contributed by atoms with Gasteiger partial charge in [-0.3, -0.25) is 4.79 Å². The Morgan fingerprint density at radius 1 is 1.15 bits per heavy atom. The second kappa shape index (κ2) is 6.44. The summed E-state index contributed by atoms with van der Waals surface area (Å²) in [6.07, 6.45) is 0.702. The van der Waals surface area contributed by atoms with Gasteiger partial charge in [0.05, 0.1) is 10.0 Å². The van der Waals surface area contributed by atoms with E-state index in [4.69, 9.17) is 34.8 Å². The Labute approximate surface area is 131 Å². The monoisotopic (exact) mass is 328 g/mol. The van der Waals surface area contributed by atoms with E-state index in [9.17, 15) is 4.79 Å². The number of pyridine rings is 1. The third-order valence-electron chi connectivity index (χ3n) is 2.65. The first-order valence-electron chi connectivity index (χ1n) is 5.92. The molecule has 0 fully saturated rings. The van der Waals surface area contributed by atoms with Crippen LogP contribution in [0.1, 0.15) is 23.0 Å².